The van der Waals surface area contributed by atoms with Crippen molar-refractivity contribution in [2.45, 2.75) is 37.8 Å². The summed E-state index contributed by atoms with van der Waals surface area (Å²) in [7, 11) is 0. The first-order valence-electron chi connectivity index (χ1n) is 9.53. The Morgan fingerprint density at radius 2 is 2.10 bits per heavy atom. The fraction of sp³-hybridized carbons (Fsp3) is 0.273. The number of carbonyl (C=O) groups excluding carboxylic acids is 2. The maximum atomic E-state index is 12.9. The van der Waals surface area contributed by atoms with Gasteiger partial charge in [-0.2, -0.15) is 5.26 Å². The first-order chi connectivity index (χ1) is 14.4. The van der Waals surface area contributed by atoms with Gasteiger partial charge < -0.3 is 15.1 Å². The van der Waals surface area contributed by atoms with E-state index in [9.17, 15) is 14.9 Å². The van der Waals surface area contributed by atoms with Crippen LogP contribution in [0, 0.1) is 18.3 Å². The molecule has 8 heteroatoms. The number of amides is 2. The zero-order valence-electron chi connectivity index (χ0n) is 16.2. The molecule has 7 nitrogen and oxygen atoms in total. The zero-order valence-corrected chi connectivity index (χ0v) is 17.0. The van der Waals surface area contributed by atoms with Crippen molar-refractivity contribution in [3.8, 4) is 6.07 Å². The van der Waals surface area contributed by atoms with Crippen molar-refractivity contribution >= 4 is 34.5 Å². The lowest BCUT2D eigenvalue weighted by atomic mass is 10.1. The first-order valence-corrected chi connectivity index (χ1v) is 9.91. The summed E-state index contributed by atoms with van der Waals surface area (Å²) in [6.45, 7) is 1.94. The van der Waals surface area contributed by atoms with Gasteiger partial charge in [-0.3, -0.25) is 9.59 Å². The third-order valence-electron chi connectivity index (χ3n) is 5.00. The number of nitriles is 1. The number of carbonyl (C=O) groups is 2. The molecule has 1 atom stereocenters. The molecular weight excluding hydrogens is 404 g/mol. The van der Waals surface area contributed by atoms with Crippen LogP contribution in [0.2, 0.25) is 5.02 Å². The largest absolute Gasteiger partial charge is 0.441 e. The van der Waals surface area contributed by atoms with Crippen molar-refractivity contribution in [1.82, 2.24) is 15.6 Å². The Balaban J connectivity index is 1.58. The van der Waals surface area contributed by atoms with E-state index >= 15 is 0 Å². The molecule has 1 aliphatic rings. The van der Waals surface area contributed by atoms with Gasteiger partial charge in [-0.1, -0.05) is 23.7 Å². The van der Waals surface area contributed by atoms with Gasteiger partial charge in [0.05, 0.1) is 12.5 Å². The summed E-state index contributed by atoms with van der Waals surface area (Å²) in [6.07, 6.45) is 1.23. The fourth-order valence-electron chi connectivity index (χ4n) is 3.13. The third-order valence-corrected chi connectivity index (χ3v) is 5.24. The molecule has 2 aromatic carbocycles. The minimum absolute atomic E-state index is 0.0490. The highest BCUT2D eigenvalue weighted by Gasteiger charge is 2.45. The number of halogens is 1. The van der Waals surface area contributed by atoms with Gasteiger partial charge in [0.25, 0.3) is 5.91 Å². The summed E-state index contributed by atoms with van der Waals surface area (Å²) in [6, 6.07) is 13.2. The number of hydrogen-bond donors (Lipinski definition) is 2. The molecule has 0 aliphatic heterocycles. The second-order valence-electron chi connectivity index (χ2n) is 7.50. The molecule has 0 radical (unpaired) electrons. The smallest absolute Gasteiger partial charge is 0.251 e. The van der Waals surface area contributed by atoms with E-state index in [1.54, 1.807) is 18.2 Å². The van der Waals surface area contributed by atoms with Crippen molar-refractivity contribution in [2.24, 2.45) is 0 Å². The van der Waals surface area contributed by atoms with Crippen LogP contribution in [0.4, 0.5) is 0 Å². The van der Waals surface area contributed by atoms with Crippen LogP contribution in [-0.2, 0) is 11.2 Å². The molecule has 0 bridgehead atoms. The summed E-state index contributed by atoms with van der Waals surface area (Å²) < 4.78 is 5.78. The Hall–Kier alpha value is -3.37. The van der Waals surface area contributed by atoms with E-state index in [1.165, 1.54) is 6.07 Å². The zero-order chi connectivity index (χ0) is 21.3. The molecule has 2 N–H and O–H groups in total. The number of benzene rings is 2. The molecular formula is C22H19ClN4O3. The molecule has 1 heterocycles. The lowest BCUT2D eigenvalue weighted by Gasteiger charge is -2.19. The molecule has 4 rings (SSSR count). The molecule has 2 amide bonds. The molecule has 1 saturated carbocycles. The van der Waals surface area contributed by atoms with Crippen LogP contribution in [0.25, 0.3) is 11.1 Å². The number of hydrogen-bond acceptors (Lipinski definition) is 5. The van der Waals surface area contributed by atoms with Gasteiger partial charge >= 0.3 is 0 Å². The van der Waals surface area contributed by atoms with Gasteiger partial charge in [-0.15, -0.1) is 0 Å². The Labute approximate surface area is 178 Å². The van der Waals surface area contributed by atoms with Gasteiger partial charge in [-0.25, -0.2) is 4.98 Å². The van der Waals surface area contributed by atoms with E-state index in [0.717, 1.165) is 5.56 Å². The number of nitrogens with one attached hydrogen (secondary N) is 2. The van der Waals surface area contributed by atoms with Crippen molar-refractivity contribution < 1.29 is 14.0 Å². The van der Waals surface area contributed by atoms with Gasteiger partial charge in [0.1, 0.15) is 17.1 Å². The number of aromatic nitrogens is 1. The predicted octanol–water partition coefficient (Wildman–Crippen LogP) is 3.30. The summed E-state index contributed by atoms with van der Waals surface area (Å²) in [5.74, 6) is -0.585. The topological polar surface area (TPSA) is 108 Å². The number of oxazole rings is 1. The minimum atomic E-state index is -0.962. The van der Waals surface area contributed by atoms with E-state index in [0.29, 0.717) is 40.4 Å². The van der Waals surface area contributed by atoms with Crippen LogP contribution in [0.1, 0.15) is 34.7 Å². The summed E-state index contributed by atoms with van der Waals surface area (Å²) in [5.41, 5.74) is 1.79. The van der Waals surface area contributed by atoms with E-state index in [1.807, 2.05) is 25.1 Å². The van der Waals surface area contributed by atoms with Gasteiger partial charge in [0, 0.05) is 10.6 Å². The fourth-order valence-corrected chi connectivity index (χ4v) is 3.33. The number of aryl methyl sites for hydroxylation is 1. The van der Waals surface area contributed by atoms with Crippen LogP contribution in [0.5, 0.6) is 0 Å². The van der Waals surface area contributed by atoms with E-state index in [4.69, 9.17) is 16.0 Å². The predicted molar refractivity (Wildman–Crippen MR) is 111 cm³/mol. The Morgan fingerprint density at radius 3 is 2.80 bits per heavy atom. The van der Waals surface area contributed by atoms with Gasteiger partial charge in [0.15, 0.2) is 11.5 Å². The standard InChI is InChI=1S/C22H19ClN4O3/c1-13-5-6-16-18(9-13)30-19(25-16)11-17(21(29)27-22(12-24)7-8-22)26-20(28)14-3-2-4-15(23)10-14/h2-6,9-10,17H,7-8,11H2,1H3,(H,26,28)(H,27,29)/t17-/m0/s1. The molecule has 3 aromatic rings. The highest BCUT2D eigenvalue weighted by atomic mass is 35.5. The molecule has 30 heavy (non-hydrogen) atoms. The van der Waals surface area contributed by atoms with E-state index in [-0.39, 0.29) is 6.42 Å². The normalized spacial score (nSPS) is 15.2. The first kappa shape index (κ1) is 19.9. The summed E-state index contributed by atoms with van der Waals surface area (Å²) in [5, 5.41) is 15.2. The summed E-state index contributed by atoms with van der Waals surface area (Å²) in [4.78, 5) is 30.0. The lowest BCUT2D eigenvalue weighted by molar-refractivity contribution is -0.123. The molecule has 1 aliphatic carbocycles. The SMILES string of the molecule is Cc1ccc2nc(C[C@H](NC(=O)c3cccc(Cl)c3)C(=O)NC3(C#N)CC3)oc2c1. The van der Waals surface area contributed by atoms with E-state index in [2.05, 4.69) is 21.7 Å². The molecule has 1 aromatic heterocycles. The molecule has 0 spiro atoms. The second kappa shape index (κ2) is 7.81. The minimum Gasteiger partial charge on any atom is -0.441 e. The van der Waals surface area contributed by atoms with Crippen molar-refractivity contribution in [3.63, 3.8) is 0 Å². The maximum Gasteiger partial charge on any atom is 0.251 e. The van der Waals surface area contributed by atoms with Crippen LogP contribution in [0.3, 0.4) is 0 Å². The van der Waals surface area contributed by atoms with Gasteiger partial charge in [-0.05, 0) is 55.7 Å². The van der Waals surface area contributed by atoms with Crippen molar-refractivity contribution in [3.05, 3.63) is 64.5 Å². The summed E-state index contributed by atoms with van der Waals surface area (Å²) >= 11 is 5.97. The van der Waals surface area contributed by atoms with Gasteiger partial charge in [0.2, 0.25) is 5.91 Å². The monoisotopic (exact) mass is 422 g/mol. The number of fused-ring (bicyclic) bond motifs is 1. The number of nitrogens with zero attached hydrogens (tertiary/aromatic N) is 2. The van der Waals surface area contributed by atoms with E-state index < -0.39 is 23.4 Å². The Bertz CT molecular complexity index is 1180. The number of rotatable bonds is 6. The molecule has 0 unspecified atom stereocenters. The van der Waals surface area contributed by atoms with Crippen molar-refractivity contribution in [1.29, 1.82) is 5.26 Å². The highest BCUT2D eigenvalue weighted by Crippen LogP contribution is 2.34. The molecule has 0 saturated heterocycles. The Kier molecular flexibility index (Phi) is 5.18. The van der Waals surface area contributed by atoms with Crippen LogP contribution in [0.15, 0.2) is 46.9 Å². The molecule has 1 fully saturated rings. The average molecular weight is 423 g/mol. The van der Waals surface area contributed by atoms with Crippen LogP contribution < -0.4 is 10.6 Å². The molecule has 152 valence electrons. The lowest BCUT2D eigenvalue weighted by Crippen LogP contribution is -2.51. The highest BCUT2D eigenvalue weighted by molar-refractivity contribution is 6.31. The van der Waals surface area contributed by atoms with Crippen LogP contribution >= 0.6 is 11.6 Å². The second-order valence-corrected chi connectivity index (χ2v) is 7.94. The maximum absolute atomic E-state index is 12.9. The van der Waals surface area contributed by atoms with Crippen LogP contribution in [-0.4, -0.2) is 28.4 Å². The average Bonchev–Trinajstić information content (AvgIpc) is 3.38. The third kappa shape index (κ3) is 4.29. The van der Waals surface area contributed by atoms with Crippen molar-refractivity contribution in [2.75, 3.05) is 0 Å². The quantitative estimate of drug-likeness (QED) is 0.633. The Morgan fingerprint density at radius 1 is 1.30 bits per heavy atom.